The summed E-state index contributed by atoms with van der Waals surface area (Å²) in [4.78, 5) is 20.0. The lowest BCUT2D eigenvalue weighted by molar-refractivity contribution is -0.133. The van der Waals surface area contributed by atoms with Gasteiger partial charge in [0, 0.05) is 6.61 Å². The van der Waals surface area contributed by atoms with Gasteiger partial charge in [-0.25, -0.2) is 4.79 Å². The quantitative estimate of drug-likeness (QED) is 0.243. The Balaban J connectivity index is 4.04. The van der Waals surface area contributed by atoms with E-state index in [4.69, 9.17) is 10.2 Å². The van der Waals surface area contributed by atoms with Crippen LogP contribution >= 0.6 is 0 Å². The second-order valence-corrected chi connectivity index (χ2v) is 1.59. The van der Waals surface area contributed by atoms with E-state index in [9.17, 15) is 9.59 Å². The number of aliphatic hydroxyl groups is 1. The van der Waals surface area contributed by atoms with E-state index >= 15 is 0 Å². The zero-order chi connectivity index (χ0) is 7.98. The molecule has 4 nitrogen and oxygen atoms in total. The van der Waals surface area contributed by atoms with Gasteiger partial charge in [0.05, 0.1) is 5.57 Å². The van der Waals surface area contributed by atoms with Gasteiger partial charge in [-0.15, -0.1) is 0 Å². The summed E-state index contributed by atoms with van der Waals surface area (Å²) in [5.74, 6) is -1.26. The maximum atomic E-state index is 10.1. The third-order valence-electron chi connectivity index (χ3n) is 0.867. The summed E-state index contributed by atoms with van der Waals surface area (Å²) < 4.78 is 0. The standard InChI is InChI=1S/C6H8O4/c7-3-1-2-5(4-8)6(9)10/h2,4,7H,1,3H2,(H,9,10). The van der Waals surface area contributed by atoms with Crippen LogP contribution in [0.4, 0.5) is 0 Å². The fraction of sp³-hybridized carbons (Fsp3) is 0.333. The van der Waals surface area contributed by atoms with Gasteiger partial charge in [0.15, 0.2) is 6.29 Å². The van der Waals surface area contributed by atoms with Crippen molar-refractivity contribution in [3.63, 3.8) is 0 Å². The lowest BCUT2D eigenvalue weighted by Gasteiger charge is -1.88. The number of carbonyl (C=O) groups is 2. The molecule has 10 heavy (non-hydrogen) atoms. The van der Waals surface area contributed by atoms with E-state index < -0.39 is 5.97 Å². The first-order valence-electron chi connectivity index (χ1n) is 2.72. The summed E-state index contributed by atoms with van der Waals surface area (Å²) in [5.41, 5.74) is -0.311. The maximum absolute atomic E-state index is 10.1. The van der Waals surface area contributed by atoms with Crippen LogP contribution in [0.1, 0.15) is 6.42 Å². The van der Waals surface area contributed by atoms with Crippen LogP contribution in [0.3, 0.4) is 0 Å². The van der Waals surface area contributed by atoms with Crippen molar-refractivity contribution in [2.75, 3.05) is 6.61 Å². The van der Waals surface area contributed by atoms with Gasteiger partial charge in [-0.2, -0.15) is 0 Å². The summed E-state index contributed by atoms with van der Waals surface area (Å²) in [6, 6.07) is 0. The van der Waals surface area contributed by atoms with E-state index in [0.29, 0.717) is 0 Å². The minimum absolute atomic E-state index is 0.148. The smallest absolute Gasteiger partial charge is 0.338 e. The van der Waals surface area contributed by atoms with Crippen molar-refractivity contribution in [2.24, 2.45) is 0 Å². The van der Waals surface area contributed by atoms with Gasteiger partial charge in [0.1, 0.15) is 0 Å². The maximum Gasteiger partial charge on any atom is 0.338 e. The Hall–Kier alpha value is -1.16. The topological polar surface area (TPSA) is 74.6 Å². The number of aliphatic hydroxyl groups excluding tert-OH is 1. The molecule has 0 aliphatic rings. The van der Waals surface area contributed by atoms with Crippen molar-refractivity contribution in [3.8, 4) is 0 Å². The van der Waals surface area contributed by atoms with Gasteiger partial charge in [-0.05, 0) is 6.42 Å². The van der Waals surface area contributed by atoms with E-state index in [0.717, 1.165) is 0 Å². The van der Waals surface area contributed by atoms with Crippen LogP contribution in [0.15, 0.2) is 11.6 Å². The summed E-state index contributed by atoms with van der Waals surface area (Å²) in [6.45, 7) is -0.148. The molecule has 0 fully saturated rings. The van der Waals surface area contributed by atoms with Gasteiger partial charge >= 0.3 is 5.97 Å². The van der Waals surface area contributed by atoms with Crippen molar-refractivity contribution < 1.29 is 19.8 Å². The average molecular weight is 144 g/mol. The molecule has 56 valence electrons. The van der Waals surface area contributed by atoms with Crippen LogP contribution in [0, 0.1) is 0 Å². The highest BCUT2D eigenvalue weighted by molar-refractivity contribution is 6.06. The minimum Gasteiger partial charge on any atom is -0.478 e. The van der Waals surface area contributed by atoms with Crippen LogP contribution < -0.4 is 0 Å². The monoisotopic (exact) mass is 144 g/mol. The Labute approximate surface area is 57.8 Å². The number of carbonyl (C=O) groups excluding carboxylic acids is 1. The predicted octanol–water partition coefficient (Wildman–Crippen LogP) is -0.421. The number of aldehydes is 1. The largest absolute Gasteiger partial charge is 0.478 e. The summed E-state index contributed by atoms with van der Waals surface area (Å²) in [7, 11) is 0. The number of aliphatic carboxylic acids is 1. The number of hydrogen-bond acceptors (Lipinski definition) is 3. The predicted molar refractivity (Wildman–Crippen MR) is 33.5 cm³/mol. The summed E-state index contributed by atoms with van der Waals surface area (Å²) in [5, 5.41) is 16.5. The third kappa shape index (κ3) is 2.99. The lowest BCUT2D eigenvalue weighted by Crippen LogP contribution is -2.01. The first-order chi connectivity index (χ1) is 4.72. The molecule has 0 saturated heterocycles. The summed E-state index contributed by atoms with van der Waals surface area (Å²) in [6.07, 6.45) is 1.62. The van der Waals surface area contributed by atoms with E-state index in [1.165, 1.54) is 6.08 Å². The normalized spacial score (nSPS) is 11.1. The Bertz CT molecular complexity index is 159. The van der Waals surface area contributed by atoms with E-state index in [-0.39, 0.29) is 24.9 Å². The van der Waals surface area contributed by atoms with Crippen LogP contribution in [0.2, 0.25) is 0 Å². The van der Waals surface area contributed by atoms with Gasteiger partial charge < -0.3 is 10.2 Å². The van der Waals surface area contributed by atoms with Crippen molar-refractivity contribution >= 4 is 12.3 Å². The van der Waals surface area contributed by atoms with Gasteiger partial charge in [0.2, 0.25) is 0 Å². The average Bonchev–Trinajstić information content (AvgIpc) is 1.89. The molecule has 0 radical (unpaired) electrons. The molecule has 0 atom stereocenters. The highest BCUT2D eigenvalue weighted by atomic mass is 16.4. The molecule has 0 aromatic carbocycles. The Morgan fingerprint density at radius 1 is 1.50 bits per heavy atom. The Morgan fingerprint density at radius 3 is 2.40 bits per heavy atom. The molecule has 0 saturated carbocycles. The zero-order valence-corrected chi connectivity index (χ0v) is 5.28. The molecule has 0 rings (SSSR count). The Morgan fingerprint density at radius 2 is 2.10 bits per heavy atom. The molecule has 0 heterocycles. The molecule has 2 N–H and O–H groups in total. The van der Waals surface area contributed by atoms with Crippen molar-refractivity contribution in [3.05, 3.63) is 11.6 Å². The van der Waals surface area contributed by atoms with Crippen LogP contribution in [0.25, 0.3) is 0 Å². The molecule has 0 aromatic rings. The second kappa shape index (κ2) is 4.69. The van der Waals surface area contributed by atoms with Crippen LogP contribution in [-0.2, 0) is 9.59 Å². The second-order valence-electron chi connectivity index (χ2n) is 1.59. The molecule has 0 aliphatic heterocycles. The zero-order valence-electron chi connectivity index (χ0n) is 5.28. The molecular formula is C6H8O4. The SMILES string of the molecule is O=CC(=CCCO)C(=O)O. The van der Waals surface area contributed by atoms with Crippen molar-refractivity contribution in [1.29, 1.82) is 0 Å². The number of carboxylic acid groups (broad SMARTS) is 1. The molecule has 0 amide bonds. The molecule has 0 spiro atoms. The highest BCUT2D eigenvalue weighted by Gasteiger charge is 2.02. The minimum atomic E-state index is -1.26. The number of hydrogen-bond donors (Lipinski definition) is 2. The molecule has 4 heteroatoms. The molecule has 0 unspecified atom stereocenters. The van der Waals surface area contributed by atoms with Gasteiger partial charge in [-0.1, -0.05) is 6.08 Å². The first kappa shape index (κ1) is 8.84. The van der Waals surface area contributed by atoms with Crippen LogP contribution in [-0.4, -0.2) is 29.1 Å². The number of rotatable bonds is 4. The molecule has 0 bridgehead atoms. The van der Waals surface area contributed by atoms with E-state index in [2.05, 4.69) is 0 Å². The van der Waals surface area contributed by atoms with Crippen molar-refractivity contribution in [2.45, 2.75) is 6.42 Å². The fourth-order valence-corrected chi connectivity index (χ4v) is 0.406. The molecule has 0 aromatic heterocycles. The van der Waals surface area contributed by atoms with E-state index in [1.54, 1.807) is 0 Å². The number of carboxylic acids is 1. The first-order valence-corrected chi connectivity index (χ1v) is 2.72. The fourth-order valence-electron chi connectivity index (χ4n) is 0.406. The molecular weight excluding hydrogens is 136 g/mol. The molecule has 0 aliphatic carbocycles. The van der Waals surface area contributed by atoms with Crippen LogP contribution in [0.5, 0.6) is 0 Å². The third-order valence-corrected chi connectivity index (χ3v) is 0.867. The van der Waals surface area contributed by atoms with Gasteiger partial charge in [0.25, 0.3) is 0 Å². The van der Waals surface area contributed by atoms with E-state index in [1.807, 2.05) is 0 Å². The highest BCUT2D eigenvalue weighted by Crippen LogP contribution is 1.91. The van der Waals surface area contributed by atoms with Crippen molar-refractivity contribution in [1.82, 2.24) is 0 Å². The lowest BCUT2D eigenvalue weighted by atomic mass is 10.2. The summed E-state index contributed by atoms with van der Waals surface area (Å²) >= 11 is 0. The Kier molecular flexibility index (Phi) is 4.15. The van der Waals surface area contributed by atoms with Gasteiger partial charge in [-0.3, -0.25) is 4.79 Å².